The van der Waals surface area contributed by atoms with Crippen LogP contribution in [0.5, 0.6) is 0 Å². The van der Waals surface area contributed by atoms with Crippen LogP contribution < -0.4 is 10.0 Å². The summed E-state index contributed by atoms with van der Waals surface area (Å²) in [5.41, 5.74) is 0.634. The predicted molar refractivity (Wildman–Crippen MR) is 82.4 cm³/mol. The van der Waals surface area contributed by atoms with Crippen LogP contribution in [0.1, 0.15) is 12.8 Å². The third-order valence-electron chi connectivity index (χ3n) is 3.70. The first-order valence-electron chi connectivity index (χ1n) is 6.86. The number of benzene rings is 2. The quantitative estimate of drug-likeness (QED) is 0.912. The molecule has 0 amide bonds. The molecule has 1 fully saturated rings. The van der Waals surface area contributed by atoms with Crippen molar-refractivity contribution in [2.75, 3.05) is 17.8 Å². The maximum absolute atomic E-state index is 12.3. The SMILES string of the molecule is O=S(=O)(Nc1ccc2ccccc2c1)C1CCCNC1. The number of sulfonamides is 1. The molecular weight excluding hydrogens is 272 g/mol. The van der Waals surface area contributed by atoms with Gasteiger partial charge in [-0.1, -0.05) is 30.3 Å². The Morgan fingerprint density at radius 3 is 2.65 bits per heavy atom. The molecule has 1 aliphatic rings. The number of fused-ring (bicyclic) bond motifs is 1. The van der Waals surface area contributed by atoms with Gasteiger partial charge in [0.25, 0.3) is 0 Å². The summed E-state index contributed by atoms with van der Waals surface area (Å²) in [5.74, 6) is 0. The highest BCUT2D eigenvalue weighted by atomic mass is 32.2. The van der Waals surface area contributed by atoms with E-state index in [1.807, 2.05) is 42.5 Å². The molecule has 2 aromatic carbocycles. The maximum Gasteiger partial charge on any atom is 0.236 e. The molecule has 0 aliphatic carbocycles. The van der Waals surface area contributed by atoms with Crippen LogP contribution in [0.2, 0.25) is 0 Å². The Kier molecular flexibility index (Phi) is 3.63. The van der Waals surface area contributed by atoms with Gasteiger partial charge in [-0.3, -0.25) is 4.72 Å². The van der Waals surface area contributed by atoms with Crippen molar-refractivity contribution in [3.63, 3.8) is 0 Å². The van der Waals surface area contributed by atoms with Gasteiger partial charge in [0.15, 0.2) is 0 Å². The highest BCUT2D eigenvalue weighted by Gasteiger charge is 2.27. The minimum atomic E-state index is -3.32. The summed E-state index contributed by atoms with van der Waals surface area (Å²) in [7, 11) is -3.32. The predicted octanol–water partition coefficient (Wildman–Crippen LogP) is 2.33. The molecule has 4 nitrogen and oxygen atoms in total. The molecule has 0 aromatic heterocycles. The van der Waals surface area contributed by atoms with Gasteiger partial charge >= 0.3 is 0 Å². The summed E-state index contributed by atoms with van der Waals surface area (Å²) >= 11 is 0. The van der Waals surface area contributed by atoms with Crippen LogP contribution in [-0.2, 0) is 10.0 Å². The van der Waals surface area contributed by atoms with Gasteiger partial charge in [-0.15, -0.1) is 0 Å². The Morgan fingerprint density at radius 1 is 1.10 bits per heavy atom. The minimum absolute atomic E-state index is 0.345. The van der Waals surface area contributed by atoms with Crippen LogP contribution in [-0.4, -0.2) is 26.8 Å². The Bertz CT molecular complexity index is 707. The molecule has 1 heterocycles. The van der Waals surface area contributed by atoms with Gasteiger partial charge in [-0.2, -0.15) is 0 Å². The Balaban J connectivity index is 1.84. The third-order valence-corrected chi connectivity index (χ3v) is 5.50. The number of hydrogen-bond donors (Lipinski definition) is 2. The lowest BCUT2D eigenvalue weighted by Crippen LogP contribution is -2.41. The molecule has 2 N–H and O–H groups in total. The molecule has 0 bridgehead atoms. The smallest absolute Gasteiger partial charge is 0.236 e. The Hall–Kier alpha value is -1.59. The van der Waals surface area contributed by atoms with E-state index in [4.69, 9.17) is 0 Å². The second-order valence-electron chi connectivity index (χ2n) is 5.18. The lowest BCUT2D eigenvalue weighted by atomic mass is 10.1. The van der Waals surface area contributed by atoms with Crippen LogP contribution >= 0.6 is 0 Å². The second-order valence-corrected chi connectivity index (χ2v) is 7.14. The van der Waals surface area contributed by atoms with Crippen LogP contribution in [0.3, 0.4) is 0 Å². The average Bonchev–Trinajstić information content (AvgIpc) is 2.48. The molecule has 2 aromatic rings. The van der Waals surface area contributed by atoms with Crippen molar-refractivity contribution < 1.29 is 8.42 Å². The molecule has 1 aliphatic heterocycles. The van der Waals surface area contributed by atoms with E-state index in [1.165, 1.54) is 0 Å². The highest BCUT2D eigenvalue weighted by molar-refractivity contribution is 7.93. The summed E-state index contributed by atoms with van der Waals surface area (Å²) in [4.78, 5) is 0. The van der Waals surface area contributed by atoms with Crippen molar-refractivity contribution in [2.24, 2.45) is 0 Å². The molecule has 3 rings (SSSR count). The summed E-state index contributed by atoms with van der Waals surface area (Å²) in [6.07, 6.45) is 1.62. The summed E-state index contributed by atoms with van der Waals surface area (Å²) in [5, 5.41) is 4.94. The summed E-state index contributed by atoms with van der Waals surface area (Å²) < 4.78 is 27.4. The van der Waals surface area contributed by atoms with E-state index < -0.39 is 10.0 Å². The lowest BCUT2D eigenvalue weighted by Gasteiger charge is -2.23. The number of anilines is 1. The minimum Gasteiger partial charge on any atom is -0.315 e. The highest BCUT2D eigenvalue weighted by Crippen LogP contribution is 2.21. The topological polar surface area (TPSA) is 58.2 Å². The van der Waals surface area contributed by atoms with Gasteiger partial charge in [0.05, 0.1) is 5.25 Å². The first-order chi connectivity index (χ1) is 9.65. The van der Waals surface area contributed by atoms with Gasteiger partial charge in [0.1, 0.15) is 0 Å². The fourth-order valence-electron chi connectivity index (χ4n) is 2.59. The number of nitrogens with one attached hydrogen (secondary N) is 2. The first kappa shape index (κ1) is 13.4. The monoisotopic (exact) mass is 290 g/mol. The van der Waals surface area contributed by atoms with E-state index in [2.05, 4.69) is 10.0 Å². The van der Waals surface area contributed by atoms with Gasteiger partial charge in [-0.25, -0.2) is 8.42 Å². The standard InChI is InChI=1S/C15H18N2O2S/c18-20(19,15-6-3-9-16-11-15)17-14-8-7-12-4-1-2-5-13(12)10-14/h1-2,4-5,7-8,10,15-17H,3,6,9,11H2. The maximum atomic E-state index is 12.3. The van der Waals surface area contributed by atoms with E-state index in [9.17, 15) is 8.42 Å². The first-order valence-corrected chi connectivity index (χ1v) is 8.41. The van der Waals surface area contributed by atoms with E-state index in [0.717, 1.165) is 30.2 Å². The van der Waals surface area contributed by atoms with Crippen LogP contribution in [0, 0.1) is 0 Å². The Morgan fingerprint density at radius 2 is 1.90 bits per heavy atom. The molecule has 0 radical (unpaired) electrons. The molecule has 1 unspecified atom stereocenters. The van der Waals surface area contributed by atoms with E-state index in [-0.39, 0.29) is 5.25 Å². The molecule has 20 heavy (non-hydrogen) atoms. The van der Waals surface area contributed by atoms with Crippen LogP contribution in [0.25, 0.3) is 10.8 Å². The van der Waals surface area contributed by atoms with Gasteiger partial charge in [-0.05, 0) is 42.3 Å². The number of rotatable bonds is 3. The zero-order valence-corrected chi connectivity index (χ0v) is 12.0. The summed E-state index contributed by atoms with van der Waals surface area (Å²) in [6, 6.07) is 13.5. The average molecular weight is 290 g/mol. The molecule has 5 heteroatoms. The van der Waals surface area contributed by atoms with Crippen molar-refractivity contribution >= 4 is 26.5 Å². The normalized spacial score (nSPS) is 19.9. The molecule has 106 valence electrons. The van der Waals surface area contributed by atoms with E-state index in [1.54, 1.807) is 0 Å². The second kappa shape index (κ2) is 5.42. The van der Waals surface area contributed by atoms with Crippen molar-refractivity contribution in [2.45, 2.75) is 18.1 Å². The van der Waals surface area contributed by atoms with Gasteiger partial charge < -0.3 is 5.32 Å². The fourth-order valence-corrected chi connectivity index (χ4v) is 4.02. The Labute approximate surface area is 119 Å². The van der Waals surface area contributed by atoms with Crippen molar-refractivity contribution in [1.82, 2.24) is 5.32 Å². The molecule has 1 atom stereocenters. The molecular formula is C15H18N2O2S. The molecule has 0 saturated carbocycles. The molecule has 0 spiro atoms. The number of hydrogen-bond acceptors (Lipinski definition) is 3. The third kappa shape index (κ3) is 2.78. The van der Waals surface area contributed by atoms with Gasteiger partial charge in [0.2, 0.25) is 10.0 Å². The summed E-state index contributed by atoms with van der Waals surface area (Å²) in [6.45, 7) is 1.44. The zero-order valence-electron chi connectivity index (χ0n) is 11.2. The zero-order chi connectivity index (χ0) is 14.0. The van der Waals surface area contributed by atoms with E-state index in [0.29, 0.717) is 12.2 Å². The largest absolute Gasteiger partial charge is 0.315 e. The van der Waals surface area contributed by atoms with Crippen LogP contribution in [0.4, 0.5) is 5.69 Å². The van der Waals surface area contributed by atoms with Gasteiger partial charge in [0, 0.05) is 12.2 Å². The van der Waals surface area contributed by atoms with Crippen LogP contribution in [0.15, 0.2) is 42.5 Å². The van der Waals surface area contributed by atoms with Crippen molar-refractivity contribution in [1.29, 1.82) is 0 Å². The van der Waals surface area contributed by atoms with Crippen molar-refractivity contribution in [3.8, 4) is 0 Å². The molecule has 1 saturated heterocycles. The van der Waals surface area contributed by atoms with E-state index >= 15 is 0 Å². The fraction of sp³-hybridized carbons (Fsp3) is 0.333. The van der Waals surface area contributed by atoms with Crippen molar-refractivity contribution in [3.05, 3.63) is 42.5 Å². The number of piperidine rings is 1. The lowest BCUT2D eigenvalue weighted by molar-refractivity contribution is 0.499.